The molecule has 218 valence electrons. The summed E-state index contributed by atoms with van der Waals surface area (Å²) in [4.78, 5) is 2.25. The number of unbranched alkanes of at least 4 members (excludes halogenated alkanes) is 1. The van der Waals surface area contributed by atoms with Crippen LogP contribution in [0, 0.1) is 11.7 Å². The van der Waals surface area contributed by atoms with Crippen LogP contribution in [0.15, 0.2) is 91.0 Å². The summed E-state index contributed by atoms with van der Waals surface area (Å²) in [6, 6.07) is 28.5. The van der Waals surface area contributed by atoms with Gasteiger partial charge in [0.05, 0.1) is 18.3 Å². The number of hydrogen-bond donors (Lipinski definition) is 1. The highest BCUT2D eigenvalue weighted by Crippen LogP contribution is 2.41. The van der Waals surface area contributed by atoms with Gasteiger partial charge in [-0.15, -0.1) is 11.3 Å². The van der Waals surface area contributed by atoms with E-state index in [4.69, 9.17) is 4.74 Å². The number of thiophene rings is 1. The largest absolute Gasteiger partial charge is 0.508 e. The van der Waals surface area contributed by atoms with Crippen molar-refractivity contribution in [3.05, 3.63) is 96.8 Å². The van der Waals surface area contributed by atoms with E-state index < -0.39 is 0 Å². The Labute approximate surface area is 259 Å². The molecule has 0 aliphatic rings. The van der Waals surface area contributed by atoms with E-state index in [-0.39, 0.29) is 11.6 Å². The van der Waals surface area contributed by atoms with Crippen LogP contribution in [-0.4, -0.2) is 20.5 Å². The molecule has 0 aliphatic carbocycles. The number of aromatic nitrogens is 2. The monoisotopic (exact) mass is 608 g/mol. The van der Waals surface area contributed by atoms with Crippen LogP contribution >= 0.6 is 23.1 Å². The molecule has 2 heterocycles. The summed E-state index contributed by atoms with van der Waals surface area (Å²) in [5.41, 5.74) is 6.38. The molecule has 0 saturated heterocycles. The second kappa shape index (κ2) is 13.1. The normalized spacial score (nSPS) is 12.1. The van der Waals surface area contributed by atoms with Crippen LogP contribution in [0.3, 0.4) is 0 Å². The number of rotatable bonds is 11. The number of nitrogens with zero attached hydrogens (tertiary/aromatic N) is 2. The Morgan fingerprint density at radius 1 is 0.744 bits per heavy atom. The van der Waals surface area contributed by atoms with Gasteiger partial charge >= 0.3 is 0 Å². The van der Waals surface area contributed by atoms with Gasteiger partial charge < -0.3 is 9.84 Å². The van der Waals surface area contributed by atoms with Crippen LogP contribution < -0.4 is 4.74 Å². The number of phenols is 1. The number of aromatic hydroxyl groups is 1. The molecule has 7 heteroatoms. The zero-order valence-electron chi connectivity index (χ0n) is 24.2. The van der Waals surface area contributed by atoms with Gasteiger partial charge in [0, 0.05) is 26.4 Å². The molecule has 2 aromatic heterocycles. The Balaban J connectivity index is 1.22. The van der Waals surface area contributed by atoms with Crippen molar-refractivity contribution in [2.24, 2.45) is 5.92 Å². The van der Waals surface area contributed by atoms with E-state index in [1.165, 1.54) is 25.3 Å². The van der Waals surface area contributed by atoms with Gasteiger partial charge in [0.2, 0.25) is 0 Å². The van der Waals surface area contributed by atoms with Crippen LogP contribution in [0.25, 0.3) is 54.2 Å². The molecule has 0 spiro atoms. The fraction of sp³-hybridized carbons (Fsp3) is 0.222. The zero-order valence-corrected chi connectivity index (χ0v) is 25.9. The first-order valence-electron chi connectivity index (χ1n) is 14.7. The van der Waals surface area contributed by atoms with Crippen molar-refractivity contribution in [2.45, 2.75) is 39.5 Å². The quantitative estimate of drug-likeness (QED) is 0.159. The first kappa shape index (κ1) is 29.0. The fourth-order valence-corrected chi connectivity index (χ4v) is 6.93. The van der Waals surface area contributed by atoms with E-state index in [2.05, 4.69) is 59.0 Å². The highest BCUT2D eigenvalue weighted by atomic mass is 32.1. The molecular formula is C36H33FN2O2S2. The van der Waals surface area contributed by atoms with Gasteiger partial charge in [-0.3, -0.25) is 0 Å². The lowest BCUT2D eigenvalue weighted by Crippen LogP contribution is -2.11. The Kier molecular flexibility index (Phi) is 8.82. The third kappa shape index (κ3) is 6.33. The Hall–Kier alpha value is -4.07. The second-order valence-electron chi connectivity index (χ2n) is 10.8. The molecule has 0 amide bonds. The van der Waals surface area contributed by atoms with E-state index in [0.717, 1.165) is 73.6 Å². The lowest BCUT2D eigenvalue weighted by atomic mass is 9.97. The standard InChI is InChI=1S/C36H33FN2O2S2/c1-3-5-6-23(4-2)22-41-28-14-9-25(10-15-28)33-19-20-34(42-33)31-18-17-30(35-36(31)39-43-38-35)29-16-11-26(21-32(29)37)24-7-12-27(40)13-8-24/h7-21,23,40H,3-6,22H2,1-2H3. The van der Waals surface area contributed by atoms with Crippen LogP contribution in [0.4, 0.5) is 4.39 Å². The number of halogens is 1. The predicted octanol–water partition coefficient (Wildman–Crippen LogP) is 10.9. The zero-order chi connectivity index (χ0) is 29.8. The first-order valence-corrected chi connectivity index (χ1v) is 16.3. The Morgan fingerprint density at radius 3 is 2.12 bits per heavy atom. The second-order valence-corrected chi connectivity index (χ2v) is 12.4. The van der Waals surface area contributed by atoms with E-state index in [1.54, 1.807) is 41.7 Å². The van der Waals surface area contributed by atoms with Gasteiger partial charge in [-0.2, -0.15) is 8.75 Å². The minimum Gasteiger partial charge on any atom is -0.508 e. The molecule has 43 heavy (non-hydrogen) atoms. The SMILES string of the molecule is CCCCC(CC)COc1ccc(-c2ccc(-c3ccc(-c4ccc(-c5ccc(O)cc5)cc4F)c4nsnc34)s2)cc1. The van der Waals surface area contributed by atoms with Crippen molar-refractivity contribution in [1.82, 2.24) is 8.75 Å². The number of ether oxygens (including phenoxy) is 1. The number of fused-ring (bicyclic) bond motifs is 1. The van der Waals surface area contributed by atoms with Gasteiger partial charge in [0.1, 0.15) is 28.3 Å². The molecule has 0 fully saturated rings. The van der Waals surface area contributed by atoms with E-state index in [9.17, 15) is 5.11 Å². The van der Waals surface area contributed by atoms with E-state index in [0.29, 0.717) is 17.0 Å². The van der Waals surface area contributed by atoms with Crippen molar-refractivity contribution in [3.8, 4) is 54.6 Å². The van der Waals surface area contributed by atoms with Crippen molar-refractivity contribution >= 4 is 34.1 Å². The fourth-order valence-electron chi connectivity index (χ4n) is 5.32. The highest BCUT2D eigenvalue weighted by Gasteiger charge is 2.18. The Bertz CT molecular complexity index is 1830. The van der Waals surface area contributed by atoms with Gasteiger partial charge in [-0.1, -0.05) is 69.5 Å². The average molecular weight is 609 g/mol. The molecule has 1 N–H and O–H groups in total. The number of hydrogen-bond acceptors (Lipinski definition) is 6. The molecule has 4 aromatic carbocycles. The first-order chi connectivity index (χ1) is 21.0. The maximum atomic E-state index is 15.4. The van der Waals surface area contributed by atoms with Crippen LogP contribution in [0.2, 0.25) is 0 Å². The molecule has 4 nitrogen and oxygen atoms in total. The predicted molar refractivity (Wildman–Crippen MR) is 177 cm³/mol. The lowest BCUT2D eigenvalue weighted by Gasteiger charge is -2.15. The lowest BCUT2D eigenvalue weighted by molar-refractivity contribution is 0.233. The molecule has 0 aliphatic heterocycles. The smallest absolute Gasteiger partial charge is 0.131 e. The van der Waals surface area contributed by atoms with Crippen LogP contribution in [0.5, 0.6) is 11.5 Å². The minimum atomic E-state index is -0.329. The molecular weight excluding hydrogens is 576 g/mol. The minimum absolute atomic E-state index is 0.179. The molecule has 6 rings (SSSR count). The van der Waals surface area contributed by atoms with Gasteiger partial charge in [-0.05, 0) is 83.6 Å². The van der Waals surface area contributed by atoms with E-state index >= 15 is 4.39 Å². The Morgan fingerprint density at radius 2 is 1.40 bits per heavy atom. The van der Waals surface area contributed by atoms with Crippen molar-refractivity contribution in [2.75, 3.05) is 6.61 Å². The molecule has 0 bridgehead atoms. The van der Waals surface area contributed by atoms with Crippen molar-refractivity contribution < 1.29 is 14.2 Å². The summed E-state index contributed by atoms with van der Waals surface area (Å²) in [6.45, 7) is 5.23. The van der Waals surface area contributed by atoms with Gasteiger partial charge in [0.15, 0.2) is 0 Å². The van der Waals surface area contributed by atoms with Crippen molar-refractivity contribution in [1.29, 1.82) is 0 Å². The molecule has 6 aromatic rings. The number of phenolic OH excluding ortho intramolecular Hbond substituents is 1. The topological polar surface area (TPSA) is 55.2 Å². The molecule has 1 unspecified atom stereocenters. The van der Waals surface area contributed by atoms with Crippen LogP contribution in [0.1, 0.15) is 39.5 Å². The third-order valence-corrected chi connectivity index (χ3v) is 9.61. The van der Waals surface area contributed by atoms with Gasteiger partial charge in [0.25, 0.3) is 0 Å². The summed E-state index contributed by atoms with van der Waals surface area (Å²) in [7, 11) is 0. The maximum Gasteiger partial charge on any atom is 0.131 e. The summed E-state index contributed by atoms with van der Waals surface area (Å²) in [6.07, 6.45) is 4.83. The summed E-state index contributed by atoms with van der Waals surface area (Å²) in [5.74, 6) is 1.36. The summed E-state index contributed by atoms with van der Waals surface area (Å²) >= 11 is 2.84. The number of benzene rings is 4. The molecule has 0 radical (unpaired) electrons. The van der Waals surface area contributed by atoms with Crippen molar-refractivity contribution in [3.63, 3.8) is 0 Å². The molecule has 1 atom stereocenters. The summed E-state index contributed by atoms with van der Waals surface area (Å²) < 4.78 is 30.7. The average Bonchev–Trinajstić information content (AvgIpc) is 3.73. The van der Waals surface area contributed by atoms with E-state index in [1.807, 2.05) is 18.2 Å². The maximum absolute atomic E-state index is 15.4. The summed E-state index contributed by atoms with van der Waals surface area (Å²) in [5, 5.41) is 9.58. The van der Waals surface area contributed by atoms with Crippen LogP contribution in [-0.2, 0) is 0 Å². The highest BCUT2D eigenvalue weighted by molar-refractivity contribution is 7.19. The molecule has 0 saturated carbocycles. The van der Waals surface area contributed by atoms with Gasteiger partial charge in [-0.25, -0.2) is 4.39 Å². The third-order valence-electron chi connectivity index (χ3n) is 7.91.